The zero-order valence-corrected chi connectivity index (χ0v) is 14.4. The quantitative estimate of drug-likeness (QED) is 0.822. The Balaban J connectivity index is 2.01. The molecule has 0 aliphatic carbocycles. The monoisotopic (exact) mass is 354 g/mol. The van der Waals surface area contributed by atoms with E-state index in [0.717, 1.165) is 9.18 Å². The van der Waals surface area contributed by atoms with Crippen LogP contribution in [0.3, 0.4) is 0 Å². The number of rotatable bonds is 6. The average Bonchev–Trinajstić information content (AvgIpc) is 3.06. The topological polar surface area (TPSA) is 86.7 Å². The highest BCUT2D eigenvalue weighted by molar-refractivity contribution is 7.89. The fraction of sp³-hybridized carbons (Fsp3) is 0.267. The Labute approximate surface area is 139 Å². The number of sulfonamides is 1. The average molecular weight is 354 g/mol. The summed E-state index contributed by atoms with van der Waals surface area (Å²) in [6.07, 6.45) is -0.757. The van der Waals surface area contributed by atoms with Gasteiger partial charge in [0.2, 0.25) is 10.0 Å². The molecule has 1 amide bonds. The first-order valence-electron chi connectivity index (χ1n) is 6.84. The smallest absolute Gasteiger partial charge is 0.251 e. The van der Waals surface area contributed by atoms with Gasteiger partial charge in [-0.05, 0) is 35.7 Å². The summed E-state index contributed by atoms with van der Waals surface area (Å²) in [5, 5.41) is 14.4. The maximum atomic E-state index is 12.0. The molecule has 1 aromatic carbocycles. The third-order valence-corrected chi connectivity index (χ3v) is 6.03. The van der Waals surface area contributed by atoms with Crippen LogP contribution in [0.1, 0.15) is 21.3 Å². The first kappa shape index (κ1) is 17.6. The van der Waals surface area contributed by atoms with E-state index in [1.807, 2.05) is 11.4 Å². The molecule has 0 spiro atoms. The number of carbonyl (C=O) groups is 1. The van der Waals surface area contributed by atoms with Crippen LogP contribution in [0.5, 0.6) is 0 Å². The van der Waals surface area contributed by atoms with Gasteiger partial charge in [0.1, 0.15) is 6.10 Å². The van der Waals surface area contributed by atoms with Crippen molar-refractivity contribution in [1.29, 1.82) is 0 Å². The van der Waals surface area contributed by atoms with Gasteiger partial charge in [-0.3, -0.25) is 4.79 Å². The van der Waals surface area contributed by atoms with Crippen LogP contribution in [0, 0.1) is 0 Å². The molecule has 0 aliphatic heterocycles. The minimum absolute atomic E-state index is 0.0943. The van der Waals surface area contributed by atoms with Crippen molar-refractivity contribution in [3.05, 3.63) is 52.2 Å². The summed E-state index contributed by atoms with van der Waals surface area (Å²) in [4.78, 5) is 12.9. The summed E-state index contributed by atoms with van der Waals surface area (Å²) in [6, 6.07) is 9.30. The van der Waals surface area contributed by atoms with E-state index in [0.29, 0.717) is 5.56 Å². The third-order valence-electron chi connectivity index (χ3n) is 3.22. The van der Waals surface area contributed by atoms with Crippen LogP contribution in [-0.4, -0.2) is 44.4 Å². The van der Waals surface area contributed by atoms with Gasteiger partial charge < -0.3 is 10.4 Å². The van der Waals surface area contributed by atoms with Crippen molar-refractivity contribution in [3.8, 4) is 0 Å². The molecule has 0 saturated carbocycles. The molecule has 23 heavy (non-hydrogen) atoms. The molecule has 8 heteroatoms. The van der Waals surface area contributed by atoms with Crippen LogP contribution >= 0.6 is 11.3 Å². The molecule has 124 valence electrons. The molecule has 0 aliphatic rings. The number of aliphatic hydroxyl groups is 1. The molecule has 2 aromatic rings. The van der Waals surface area contributed by atoms with Crippen LogP contribution in [-0.2, 0) is 10.0 Å². The van der Waals surface area contributed by atoms with E-state index in [1.165, 1.54) is 49.7 Å². The predicted octanol–water partition coefficient (Wildman–Crippen LogP) is 1.46. The van der Waals surface area contributed by atoms with E-state index in [9.17, 15) is 18.3 Å². The summed E-state index contributed by atoms with van der Waals surface area (Å²) >= 11 is 1.41. The van der Waals surface area contributed by atoms with Gasteiger partial charge in [-0.25, -0.2) is 12.7 Å². The van der Waals surface area contributed by atoms with E-state index < -0.39 is 16.1 Å². The number of amides is 1. The van der Waals surface area contributed by atoms with E-state index in [4.69, 9.17) is 0 Å². The minimum Gasteiger partial charge on any atom is -0.386 e. The highest BCUT2D eigenvalue weighted by atomic mass is 32.2. The fourth-order valence-electron chi connectivity index (χ4n) is 1.86. The van der Waals surface area contributed by atoms with Gasteiger partial charge in [0.15, 0.2) is 0 Å². The Morgan fingerprint density at radius 3 is 2.43 bits per heavy atom. The second-order valence-corrected chi connectivity index (χ2v) is 8.18. The summed E-state index contributed by atoms with van der Waals surface area (Å²) in [5.74, 6) is -0.366. The van der Waals surface area contributed by atoms with Crippen molar-refractivity contribution in [1.82, 2.24) is 9.62 Å². The van der Waals surface area contributed by atoms with Crippen molar-refractivity contribution in [3.63, 3.8) is 0 Å². The Bertz CT molecular complexity index is 753. The van der Waals surface area contributed by atoms with E-state index in [1.54, 1.807) is 6.07 Å². The second kappa shape index (κ2) is 7.22. The number of carbonyl (C=O) groups excluding carboxylic acids is 1. The van der Waals surface area contributed by atoms with Gasteiger partial charge >= 0.3 is 0 Å². The number of aliphatic hydroxyl groups excluding tert-OH is 1. The molecule has 6 nitrogen and oxygen atoms in total. The van der Waals surface area contributed by atoms with Crippen LogP contribution in [0.2, 0.25) is 0 Å². The lowest BCUT2D eigenvalue weighted by atomic mass is 10.2. The molecule has 1 atom stereocenters. The number of nitrogens with one attached hydrogen (secondary N) is 1. The first-order chi connectivity index (χ1) is 10.8. The van der Waals surface area contributed by atoms with Gasteiger partial charge in [0.05, 0.1) is 4.90 Å². The maximum Gasteiger partial charge on any atom is 0.251 e. The SMILES string of the molecule is CN(C)S(=O)(=O)c1ccc(C(=O)NCC(O)c2cccs2)cc1. The molecule has 1 heterocycles. The Morgan fingerprint density at radius 2 is 1.91 bits per heavy atom. The molecule has 0 radical (unpaired) electrons. The van der Waals surface area contributed by atoms with Crippen molar-refractivity contribution >= 4 is 27.3 Å². The van der Waals surface area contributed by atoms with Gasteiger partial charge in [-0.15, -0.1) is 11.3 Å². The van der Waals surface area contributed by atoms with Crippen LogP contribution < -0.4 is 5.32 Å². The highest BCUT2D eigenvalue weighted by Gasteiger charge is 2.18. The number of hydrogen-bond donors (Lipinski definition) is 2. The molecule has 2 rings (SSSR count). The zero-order valence-electron chi connectivity index (χ0n) is 12.8. The zero-order chi connectivity index (χ0) is 17.0. The van der Waals surface area contributed by atoms with E-state index >= 15 is 0 Å². The Hall–Kier alpha value is -1.74. The van der Waals surface area contributed by atoms with Crippen molar-refractivity contribution in [2.45, 2.75) is 11.0 Å². The standard InChI is InChI=1S/C15H18N2O4S2/c1-17(2)23(20,21)12-7-5-11(6-8-12)15(19)16-10-13(18)14-4-3-9-22-14/h3-9,13,18H,10H2,1-2H3,(H,16,19). The predicted molar refractivity (Wildman–Crippen MR) is 88.9 cm³/mol. The van der Waals surface area contributed by atoms with Crippen molar-refractivity contribution < 1.29 is 18.3 Å². The van der Waals surface area contributed by atoms with E-state index in [-0.39, 0.29) is 17.3 Å². The van der Waals surface area contributed by atoms with Gasteiger partial charge in [-0.1, -0.05) is 6.07 Å². The summed E-state index contributed by atoms with van der Waals surface area (Å²) in [7, 11) is -0.619. The minimum atomic E-state index is -3.51. The summed E-state index contributed by atoms with van der Waals surface area (Å²) in [5.41, 5.74) is 0.334. The molecule has 0 saturated heterocycles. The van der Waals surface area contributed by atoms with Crippen LogP contribution in [0.25, 0.3) is 0 Å². The number of benzene rings is 1. The fourth-order valence-corrected chi connectivity index (χ4v) is 3.48. The first-order valence-corrected chi connectivity index (χ1v) is 9.16. The highest BCUT2D eigenvalue weighted by Crippen LogP contribution is 2.18. The number of nitrogens with zero attached hydrogens (tertiary/aromatic N) is 1. The van der Waals surface area contributed by atoms with E-state index in [2.05, 4.69) is 5.32 Å². The lowest BCUT2D eigenvalue weighted by Crippen LogP contribution is -2.28. The molecule has 1 unspecified atom stereocenters. The lowest BCUT2D eigenvalue weighted by molar-refractivity contribution is 0.0918. The normalized spacial score (nSPS) is 13.0. The van der Waals surface area contributed by atoms with Crippen molar-refractivity contribution in [2.24, 2.45) is 0 Å². The van der Waals surface area contributed by atoms with Crippen LogP contribution in [0.15, 0.2) is 46.7 Å². The van der Waals surface area contributed by atoms with Gasteiger partial charge in [0.25, 0.3) is 5.91 Å². The third kappa shape index (κ3) is 4.17. The number of hydrogen-bond acceptors (Lipinski definition) is 5. The Kier molecular flexibility index (Phi) is 5.53. The summed E-state index contributed by atoms with van der Waals surface area (Å²) in [6.45, 7) is 0.0943. The molecule has 0 fully saturated rings. The van der Waals surface area contributed by atoms with Gasteiger partial charge in [-0.2, -0.15) is 0 Å². The largest absolute Gasteiger partial charge is 0.386 e. The Morgan fingerprint density at radius 1 is 1.26 bits per heavy atom. The van der Waals surface area contributed by atoms with Gasteiger partial charge in [0, 0.05) is 31.1 Å². The van der Waals surface area contributed by atoms with Crippen molar-refractivity contribution in [2.75, 3.05) is 20.6 Å². The second-order valence-electron chi connectivity index (χ2n) is 5.05. The summed E-state index contributed by atoms with van der Waals surface area (Å²) < 4.78 is 25.0. The molecule has 2 N–H and O–H groups in total. The molecular weight excluding hydrogens is 336 g/mol. The molecule has 0 bridgehead atoms. The van der Waals surface area contributed by atoms with Crippen LogP contribution in [0.4, 0.5) is 0 Å². The lowest BCUT2D eigenvalue weighted by Gasteiger charge is -2.12. The number of thiophene rings is 1. The molecule has 1 aromatic heterocycles. The molecular formula is C15H18N2O4S2. The maximum absolute atomic E-state index is 12.0.